The zero-order chi connectivity index (χ0) is 18.8. The molecule has 0 bridgehead atoms. The fraction of sp³-hybridized carbons (Fsp3) is 0.211. The maximum atomic E-state index is 6.24. The highest BCUT2D eigenvalue weighted by Crippen LogP contribution is 2.41. The van der Waals surface area contributed by atoms with Crippen molar-refractivity contribution in [2.75, 3.05) is 25.8 Å². The largest absolute Gasteiger partial charge is 0.497 e. The van der Waals surface area contributed by atoms with Gasteiger partial charge >= 0.3 is 0 Å². The quantitative estimate of drug-likeness (QED) is 0.683. The Bertz CT molecular complexity index is 983. The van der Waals surface area contributed by atoms with Crippen molar-refractivity contribution in [1.82, 2.24) is 15.2 Å². The summed E-state index contributed by atoms with van der Waals surface area (Å²) < 4.78 is 17.1. The van der Waals surface area contributed by atoms with Gasteiger partial charge in [0.25, 0.3) is 0 Å². The zero-order valence-corrected chi connectivity index (χ0v) is 15.9. The summed E-state index contributed by atoms with van der Waals surface area (Å²) in [5.41, 5.74) is 3.15. The number of nitrogens with one attached hydrogen (secondary N) is 1. The first kappa shape index (κ1) is 17.4. The van der Waals surface area contributed by atoms with E-state index in [4.69, 9.17) is 14.2 Å². The molecule has 1 N–H and O–H groups in total. The van der Waals surface area contributed by atoms with Gasteiger partial charge in [0, 0.05) is 11.3 Å². The summed E-state index contributed by atoms with van der Waals surface area (Å²) in [6.07, 6.45) is 1.36. The van der Waals surface area contributed by atoms with E-state index in [1.165, 1.54) is 11.8 Å². The molecule has 0 spiro atoms. The van der Waals surface area contributed by atoms with Gasteiger partial charge in [-0.3, -0.25) is 0 Å². The first-order valence-electron chi connectivity index (χ1n) is 8.26. The van der Waals surface area contributed by atoms with Crippen molar-refractivity contribution in [3.63, 3.8) is 0 Å². The molecule has 1 aliphatic heterocycles. The molecule has 0 saturated heterocycles. The molecule has 7 nitrogen and oxygen atoms in total. The van der Waals surface area contributed by atoms with Gasteiger partial charge in [-0.1, -0.05) is 30.0 Å². The fourth-order valence-corrected chi connectivity index (χ4v) is 3.22. The maximum Gasteiger partial charge on any atom is 0.247 e. The third kappa shape index (κ3) is 3.23. The average Bonchev–Trinajstić information content (AvgIpc) is 2.89. The van der Waals surface area contributed by atoms with Crippen molar-refractivity contribution in [2.24, 2.45) is 0 Å². The predicted molar refractivity (Wildman–Crippen MR) is 104 cm³/mol. The Hall–Kier alpha value is -3.00. The molecule has 0 radical (unpaired) electrons. The number of para-hydroxylation sites is 1. The van der Waals surface area contributed by atoms with E-state index in [0.29, 0.717) is 28.2 Å². The van der Waals surface area contributed by atoms with Crippen LogP contribution in [0.4, 0.5) is 5.69 Å². The van der Waals surface area contributed by atoms with Crippen LogP contribution in [0, 0.1) is 0 Å². The molecule has 0 unspecified atom stereocenters. The summed E-state index contributed by atoms with van der Waals surface area (Å²) in [5, 5.41) is 12.5. The van der Waals surface area contributed by atoms with Crippen molar-refractivity contribution in [3.05, 3.63) is 48.0 Å². The molecule has 27 heavy (non-hydrogen) atoms. The van der Waals surface area contributed by atoms with Crippen LogP contribution in [0.3, 0.4) is 0 Å². The monoisotopic (exact) mass is 382 g/mol. The summed E-state index contributed by atoms with van der Waals surface area (Å²) in [6, 6.07) is 13.4. The normalized spacial score (nSPS) is 14.9. The predicted octanol–water partition coefficient (Wildman–Crippen LogP) is 3.78. The number of thioether (sulfide) groups is 1. The van der Waals surface area contributed by atoms with Gasteiger partial charge in [0.15, 0.2) is 5.69 Å². The van der Waals surface area contributed by atoms with Crippen LogP contribution in [0.1, 0.15) is 11.8 Å². The molecule has 0 fully saturated rings. The summed E-state index contributed by atoms with van der Waals surface area (Å²) in [5.74, 6) is 1.81. The molecule has 0 amide bonds. The van der Waals surface area contributed by atoms with E-state index >= 15 is 0 Å². The number of aromatic nitrogens is 3. The number of methoxy groups -OCH3 is 2. The van der Waals surface area contributed by atoms with Crippen molar-refractivity contribution >= 4 is 17.4 Å². The van der Waals surface area contributed by atoms with Gasteiger partial charge in [0.2, 0.25) is 17.3 Å². The van der Waals surface area contributed by atoms with Crippen LogP contribution >= 0.6 is 11.8 Å². The van der Waals surface area contributed by atoms with Crippen LogP contribution in [0.2, 0.25) is 0 Å². The standard InChI is InChI=1S/C19H18N4O3S/c1-24-11-8-9-15(25-2)13(10-11)17-20-14-7-5-4-6-12(14)16-18(26-17)21-19(27-3)23-22-16/h4-10,17,20H,1-3H3/t17-/m1/s1. The Kier molecular flexibility index (Phi) is 4.72. The second-order valence-corrected chi connectivity index (χ2v) is 6.52. The Labute approximate surface area is 161 Å². The highest BCUT2D eigenvalue weighted by Gasteiger charge is 2.28. The summed E-state index contributed by atoms with van der Waals surface area (Å²) in [6.45, 7) is 0. The van der Waals surface area contributed by atoms with Gasteiger partial charge < -0.3 is 19.5 Å². The summed E-state index contributed by atoms with van der Waals surface area (Å²) >= 11 is 1.41. The molecule has 2 heterocycles. The number of fused-ring (bicyclic) bond motifs is 3. The first-order chi connectivity index (χ1) is 13.2. The fourth-order valence-electron chi connectivity index (χ4n) is 2.92. The highest BCUT2D eigenvalue weighted by atomic mass is 32.2. The van der Waals surface area contributed by atoms with Crippen LogP contribution in [0.15, 0.2) is 47.6 Å². The van der Waals surface area contributed by atoms with Gasteiger partial charge in [-0.2, -0.15) is 4.98 Å². The van der Waals surface area contributed by atoms with E-state index in [2.05, 4.69) is 20.5 Å². The van der Waals surface area contributed by atoms with E-state index in [-0.39, 0.29) is 0 Å². The number of hydrogen-bond donors (Lipinski definition) is 1. The number of anilines is 1. The lowest BCUT2D eigenvalue weighted by molar-refractivity contribution is 0.219. The van der Waals surface area contributed by atoms with Crippen LogP contribution in [-0.2, 0) is 0 Å². The van der Waals surface area contributed by atoms with Crippen molar-refractivity contribution in [2.45, 2.75) is 11.4 Å². The SMILES string of the molecule is COc1ccc(OC)c([C@@H]2Nc3ccccc3-c3nnc(SC)nc3O2)c1. The number of nitrogens with zero attached hydrogens (tertiary/aromatic N) is 3. The van der Waals surface area contributed by atoms with Crippen molar-refractivity contribution in [1.29, 1.82) is 0 Å². The first-order valence-corrected chi connectivity index (χ1v) is 9.49. The van der Waals surface area contributed by atoms with E-state index in [1.807, 2.05) is 48.7 Å². The Morgan fingerprint density at radius 1 is 1.07 bits per heavy atom. The Morgan fingerprint density at radius 3 is 2.70 bits per heavy atom. The molecule has 138 valence electrons. The van der Waals surface area contributed by atoms with E-state index in [9.17, 15) is 0 Å². The number of ether oxygens (including phenoxy) is 3. The topological polar surface area (TPSA) is 78.4 Å². The van der Waals surface area contributed by atoms with Gasteiger partial charge in [0.05, 0.1) is 19.8 Å². The van der Waals surface area contributed by atoms with Crippen LogP contribution < -0.4 is 19.5 Å². The van der Waals surface area contributed by atoms with Crippen LogP contribution in [0.5, 0.6) is 17.4 Å². The molecule has 0 aliphatic carbocycles. The van der Waals surface area contributed by atoms with E-state index in [0.717, 1.165) is 16.8 Å². The molecule has 8 heteroatoms. The molecule has 1 aliphatic rings. The van der Waals surface area contributed by atoms with E-state index in [1.54, 1.807) is 14.2 Å². The summed E-state index contributed by atoms with van der Waals surface area (Å²) in [7, 11) is 3.25. The molecule has 0 saturated carbocycles. The molecule has 3 aromatic rings. The van der Waals surface area contributed by atoms with Gasteiger partial charge in [-0.25, -0.2) is 0 Å². The molecular formula is C19H18N4O3S. The third-order valence-corrected chi connectivity index (χ3v) is 4.77. The summed E-state index contributed by atoms with van der Waals surface area (Å²) in [4.78, 5) is 4.52. The lowest BCUT2D eigenvalue weighted by Gasteiger charge is -2.21. The molecule has 4 rings (SSSR count). The molecule has 1 atom stereocenters. The van der Waals surface area contributed by atoms with E-state index < -0.39 is 6.23 Å². The lowest BCUT2D eigenvalue weighted by atomic mass is 10.1. The Morgan fingerprint density at radius 2 is 1.93 bits per heavy atom. The minimum atomic E-state index is -0.538. The second kappa shape index (κ2) is 7.32. The van der Waals surface area contributed by atoms with Gasteiger partial charge in [-0.15, -0.1) is 10.2 Å². The lowest BCUT2D eigenvalue weighted by Crippen LogP contribution is -2.18. The number of benzene rings is 2. The van der Waals surface area contributed by atoms with Gasteiger partial charge in [0.1, 0.15) is 11.5 Å². The van der Waals surface area contributed by atoms with Crippen LogP contribution in [-0.4, -0.2) is 35.7 Å². The molecule has 2 aromatic carbocycles. The van der Waals surface area contributed by atoms with Crippen LogP contribution in [0.25, 0.3) is 11.3 Å². The number of hydrogen-bond acceptors (Lipinski definition) is 8. The number of rotatable bonds is 4. The minimum absolute atomic E-state index is 0.418. The maximum absolute atomic E-state index is 6.24. The highest BCUT2D eigenvalue weighted by molar-refractivity contribution is 7.98. The second-order valence-electron chi connectivity index (χ2n) is 5.75. The zero-order valence-electron chi connectivity index (χ0n) is 15.1. The van der Waals surface area contributed by atoms with Gasteiger partial charge in [-0.05, 0) is 30.5 Å². The van der Waals surface area contributed by atoms with Crippen molar-refractivity contribution < 1.29 is 14.2 Å². The van der Waals surface area contributed by atoms with Crippen molar-refractivity contribution in [3.8, 4) is 28.6 Å². The Balaban J connectivity index is 1.87. The third-order valence-electron chi connectivity index (χ3n) is 4.24. The average molecular weight is 382 g/mol. The smallest absolute Gasteiger partial charge is 0.247 e. The molecule has 1 aromatic heterocycles. The molecular weight excluding hydrogens is 364 g/mol. The minimum Gasteiger partial charge on any atom is -0.497 e.